The van der Waals surface area contributed by atoms with E-state index in [1.165, 1.54) is 25.9 Å². The van der Waals surface area contributed by atoms with Gasteiger partial charge in [0, 0.05) is 19.0 Å². The second-order valence-corrected chi connectivity index (χ2v) is 5.53. The highest BCUT2D eigenvalue weighted by atomic mass is 16.1. The van der Waals surface area contributed by atoms with E-state index in [4.69, 9.17) is 5.73 Å². The van der Waals surface area contributed by atoms with Crippen LogP contribution in [0.15, 0.2) is 0 Å². The van der Waals surface area contributed by atoms with Crippen LogP contribution in [0, 0.1) is 11.8 Å². The maximum Gasteiger partial charge on any atom is 0.220 e. The van der Waals surface area contributed by atoms with E-state index in [0.717, 1.165) is 13.0 Å². The SMILES string of the molecule is CCC(CN)CC(=O)NC1CN2CCC1CC2. The number of rotatable bonds is 5. The number of fused-ring (bicyclic) bond motifs is 3. The van der Waals surface area contributed by atoms with Gasteiger partial charge in [0.2, 0.25) is 5.91 Å². The molecule has 3 aliphatic rings. The third-order valence-corrected chi connectivity index (χ3v) is 4.39. The van der Waals surface area contributed by atoms with Crippen molar-refractivity contribution in [2.45, 2.75) is 38.6 Å². The van der Waals surface area contributed by atoms with E-state index in [2.05, 4.69) is 17.1 Å². The molecule has 3 rings (SSSR count). The summed E-state index contributed by atoms with van der Waals surface area (Å²) in [7, 11) is 0. The van der Waals surface area contributed by atoms with E-state index >= 15 is 0 Å². The fourth-order valence-electron chi connectivity index (χ4n) is 3.05. The summed E-state index contributed by atoms with van der Waals surface area (Å²) in [6.45, 7) is 6.20. The Bertz CT molecular complexity index is 257. The van der Waals surface area contributed by atoms with Crippen LogP contribution in [0.1, 0.15) is 32.6 Å². The molecule has 0 spiro atoms. The lowest BCUT2D eigenvalue weighted by atomic mass is 9.84. The summed E-state index contributed by atoms with van der Waals surface area (Å²) < 4.78 is 0. The number of hydrogen-bond donors (Lipinski definition) is 2. The van der Waals surface area contributed by atoms with Gasteiger partial charge in [-0.3, -0.25) is 4.79 Å². The number of carbonyl (C=O) groups excluding carboxylic acids is 1. The molecule has 0 radical (unpaired) electrons. The molecule has 3 fully saturated rings. The molecule has 4 heteroatoms. The summed E-state index contributed by atoms with van der Waals surface area (Å²) in [5, 5.41) is 3.21. The highest BCUT2D eigenvalue weighted by molar-refractivity contribution is 5.76. The van der Waals surface area contributed by atoms with Crippen molar-refractivity contribution < 1.29 is 4.79 Å². The smallest absolute Gasteiger partial charge is 0.220 e. The molecule has 3 saturated heterocycles. The molecule has 0 saturated carbocycles. The van der Waals surface area contributed by atoms with Crippen LogP contribution in [0.5, 0.6) is 0 Å². The number of amides is 1. The zero-order chi connectivity index (χ0) is 12.3. The third kappa shape index (κ3) is 3.19. The molecule has 2 unspecified atom stereocenters. The highest BCUT2D eigenvalue weighted by Gasteiger charge is 2.34. The lowest BCUT2D eigenvalue weighted by Gasteiger charge is -2.45. The molecule has 2 atom stereocenters. The molecule has 0 aromatic heterocycles. The molecule has 0 aromatic rings. The molecule has 3 N–H and O–H groups in total. The molecule has 3 aliphatic heterocycles. The second-order valence-electron chi connectivity index (χ2n) is 5.53. The van der Waals surface area contributed by atoms with Crippen LogP contribution in [0.25, 0.3) is 0 Å². The van der Waals surface area contributed by atoms with Gasteiger partial charge in [-0.15, -0.1) is 0 Å². The number of nitrogens with zero attached hydrogens (tertiary/aromatic N) is 1. The van der Waals surface area contributed by atoms with E-state index in [1.807, 2.05) is 0 Å². The van der Waals surface area contributed by atoms with Crippen LogP contribution in [-0.2, 0) is 4.79 Å². The van der Waals surface area contributed by atoms with E-state index in [1.54, 1.807) is 0 Å². The van der Waals surface area contributed by atoms with Crippen molar-refractivity contribution in [1.82, 2.24) is 10.2 Å². The van der Waals surface area contributed by atoms with Gasteiger partial charge in [0.1, 0.15) is 0 Å². The molecular formula is C13H25N3O. The Hall–Kier alpha value is -0.610. The van der Waals surface area contributed by atoms with Crippen molar-refractivity contribution >= 4 is 5.91 Å². The Morgan fingerprint density at radius 2 is 2.18 bits per heavy atom. The first kappa shape index (κ1) is 12.8. The summed E-state index contributed by atoms with van der Waals surface area (Å²) in [5.74, 6) is 1.25. The van der Waals surface area contributed by atoms with Crippen LogP contribution in [0.4, 0.5) is 0 Å². The Morgan fingerprint density at radius 1 is 1.47 bits per heavy atom. The summed E-state index contributed by atoms with van der Waals surface area (Å²) in [4.78, 5) is 14.4. The quantitative estimate of drug-likeness (QED) is 0.737. The molecule has 4 nitrogen and oxygen atoms in total. The van der Waals surface area contributed by atoms with E-state index in [-0.39, 0.29) is 5.91 Å². The van der Waals surface area contributed by atoms with Crippen molar-refractivity contribution in [2.24, 2.45) is 17.6 Å². The van der Waals surface area contributed by atoms with Crippen molar-refractivity contribution in [2.75, 3.05) is 26.2 Å². The van der Waals surface area contributed by atoms with Crippen molar-refractivity contribution in [3.8, 4) is 0 Å². The predicted octanol–water partition coefficient (Wildman–Crippen LogP) is 0.572. The summed E-state index contributed by atoms with van der Waals surface area (Å²) in [5.41, 5.74) is 5.64. The van der Waals surface area contributed by atoms with Crippen molar-refractivity contribution in [3.63, 3.8) is 0 Å². The van der Waals surface area contributed by atoms with Crippen molar-refractivity contribution in [1.29, 1.82) is 0 Å². The van der Waals surface area contributed by atoms with Crippen LogP contribution >= 0.6 is 0 Å². The molecule has 0 aromatic carbocycles. The number of carbonyl (C=O) groups is 1. The van der Waals surface area contributed by atoms with Crippen molar-refractivity contribution in [3.05, 3.63) is 0 Å². The molecule has 3 heterocycles. The number of nitrogens with two attached hydrogens (primary N) is 1. The standard InChI is InChI=1S/C13H25N3O/c1-2-10(8-14)7-13(17)15-12-9-16-5-3-11(12)4-6-16/h10-12H,2-9,14H2,1H3,(H,15,17). The minimum atomic E-state index is 0.195. The number of nitrogens with one attached hydrogen (secondary N) is 1. The van der Waals surface area contributed by atoms with Gasteiger partial charge in [0.05, 0.1) is 0 Å². The Balaban J connectivity index is 1.78. The van der Waals surface area contributed by atoms with E-state index in [9.17, 15) is 4.79 Å². The zero-order valence-electron chi connectivity index (χ0n) is 10.8. The van der Waals surface area contributed by atoms with Gasteiger partial charge in [-0.2, -0.15) is 0 Å². The fraction of sp³-hybridized carbons (Fsp3) is 0.923. The minimum Gasteiger partial charge on any atom is -0.352 e. The lowest BCUT2D eigenvalue weighted by molar-refractivity contribution is -0.124. The second kappa shape index (κ2) is 5.83. The van der Waals surface area contributed by atoms with Gasteiger partial charge >= 0.3 is 0 Å². The minimum absolute atomic E-state index is 0.195. The first-order valence-electron chi connectivity index (χ1n) is 6.94. The highest BCUT2D eigenvalue weighted by Crippen LogP contribution is 2.27. The Morgan fingerprint density at radius 3 is 2.65 bits per heavy atom. The van der Waals surface area contributed by atoms with Crippen LogP contribution in [0.2, 0.25) is 0 Å². The van der Waals surface area contributed by atoms with Crippen LogP contribution < -0.4 is 11.1 Å². The maximum absolute atomic E-state index is 11.9. The monoisotopic (exact) mass is 239 g/mol. The van der Waals surface area contributed by atoms with Gasteiger partial charge in [0.15, 0.2) is 0 Å². The Labute approximate surface area is 104 Å². The van der Waals surface area contributed by atoms with Gasteiger partial charge < -0.3 is 16.0 Å². The molecule has 0 aliphatic carbocycles. The average Bonchev–Trinajstić information content (AvgIpc) is 2.37. The first-order chi connectivity index (χ1) is 8.22. The predicted molar refractivity (Wildman–Crippen MR) is 68.5 cm³/mol. The normalized spacial score (nSPS) is 33.4. The summed E-state index contributed by atoms with van der Waals surface area (Å²) in [6, 6.07) is 0.389. The zero-order valence-corrected chi connectivity index (χ0v) is 10.8. The van der Waals surface area contributed by atoms with Gasteiger partial charge in [-0.25, -0.2) is 0 Å². The topological polar surface area (TPSA) is 58.4 Å². The first-order valence-corrected chi connectivity index (χ1v) is 6.94. The maximum atomic E-state index is 11.9. The van der Waals surface area contributed by atoms with Gasteiger partial charge in [0.25, 0.3) is 0 Å². The fourth-order valence-corrected chi connectivity index (χ4v) is 3.05. The van der Waals surface area contributed by atoms with Gasteiger partial charge in [-0.05, 0) is 44.3 Å². The van der Waals surface area contributed by atoms with Crippen LogP contribution in [-0.4, -0.2) is 43.0 Å². The average molecular weight is 239 g/mol. The van der Waals surface area contributed by atoms with E-state index < -0.39 is 0 Å². The largest absolute Gasteiger partial charge is 0.352 e. The lowest BCUT2D eigenvalue weighted by Crippen LogP contribution is -2.57. The molecule has 1 amide bonds. The van der Waals surface area contributed by atoms with Gasteiger partial charge in [-0.1, -0.05) is 13.3 Å². The summed E-state index contributed by atoms with van der Waals surface area (Å²) >= 11 is 0. The molecule has 98 valence electrons. The number of hydrogen-bond acceptors (Lipinski definition) is 3. The van der Waals surface area contributed by atoms with E-state index in [0.29, 0.717) is 30.8 Å². The number of piperidine rings is 3. The molecular weight excluding hydrogens is 214 g/mol. The Kier molecular flexibility index (Phi) is 4.40. The van der Waals surface area contributed by atoms with Crippen LogP contribution in [0.3, 0.4) is 0 Å². The third-order valence-electron chi connectivity index (χ3n) is 4.39. The summed E-state index contributed by atoms with van der Waals surface area (Å²) in [6.07, 6.45) is 4.08. The molecule has 2 bridgehead atoms. The molecule has 17 heavy (non-hydrogen) atoms.